The maximum Gasteiger partial charge on any atom is 0.325 e. The molecule has 0 aliphatic rings. The minimum absolute atomic E-state index is 0.383. The van der Waals surface area contributed by atoms with E-state index in [0.717, 1.165) is 13.0 Å². The molecule has 1 rings (SSSR count). The molecular formula is C15H22N2O4. The van der Waals surface area contributed by atoms with Gasteiger partial charge in [-0.1, -0.05) is 6.07 Å². The van der Waals surface area contributed by atoms with Crippen LogP contribution in [0.1, 0.15) is 23.7 Å². The molecule has 0 radical (unpaired) electrons. The Labute approximate surface area is 124 Å². The molecule has 0 saturated heterocycles. The molecule has 1 amide bonds. The van der Waals surface area contributed by atoms with Gasteiger partial charge in [0.2, 0.25) is 0 Å². The highest BCUT2D eigenvalue weighted by molar-refractivity contribution is 5.96. The summed E-state index contributed by atoms with van der Waals surface area (Å²) >= 11 is 0. The van der Waals surface area contributed by atoms with Gasteiger partial charge in [-0.25, -0.2) is 0 Å². The fourth-order valence-corrected chi connectivity index (χ4v) is 1.64. The topological polar surface area (TPSA) is 78.9 Å². The van der Waals surface area contributed by atoms with Crippen LogP contribution in [-0.2, 0) is 4.79 Å². The van der Waals surface area contributed by atoms with Gasteiger partial charge in [0.15, 0.2) is 0 Å². The molecule has 0 aliphatic carbocycles. The molecule has 116 valence electrons. The summed E-state index contributed by atoms with van der Waals surface area (Å²) in [5.41, 5.74) is 0.383. The number of carboxylic acid groups (broad SMARTS) is 1. The summed E-state index contributed by atoms with van der Waals surface area (Å²) in [7, 11) is 3.99. The molecule has 2 N–H and O–H groups in total. The number of nitrogens with zero attached hydrogens (tertiary/aromatic N) is 1. The summed E-state index contributed by atoms with van der Waals surface area (Å²) in [5.74, 6) is -0.896. The normalized spacial score (nSPS) is 12.0. The van der Waals surface area contributed by atoms with Crippen molar-refractivity contribution in [2.24, 2.45) is 0 Å². The number of carbonyl (C=O) groups is 2. The number of hydrogen-bond acceptors (Lipinski definition) is 4. The first kappa shape index (κ1) is 17.0. The average molecular weight is 294 g/mol. The molecule has 0 aromatic heterocycles. The Hall–Kier alpha value is -2.08. The summed E-state index contributed by atoms with van der Waals surface area (Å²) in [6.45, 7) is 2.91. The van der Waals surface area contributed by atoms with Gasteiger partial charge < -0.3 is 20.1 Å². The van der Waals surface area contributed by atoms with Crippen LogP contribution in [-0.4, -0.2) is 55.2 Å². The number of ether oxygens (including phenoxy) is 1. The molecule has 0 saturated carbocycles. The number of amides is 1. The van der Waals surface area contributed by atoms with Crippen molar-refractivity contribution in [2.45, 2.75) is 19.4 Å². The summed E-state index contributed by atoms with van der Waals surface area (Å²) in [5, 5.41) is 11.2. The Kier molecular flexibility index (Phi) is 6.68. The van der Waals surface area contributed by atoms with Crippen LogP contribution < -0.4 is 10.1 Å². The van der Waals surface area contributed by atoms with Crippen molar-refractivity contribution >= 4 is 11.9 Å². The van der Waals surface area contributed by atoms with Gasteiger partial charge >= 0.3 is 5.97 Å². The first-order valence-corrected chi connectivity index (χ1v) is 6.81. The van der Waals surface area contributed by atoms with Gasteiger partial charge in [-0.2, -0.15) is 0 Å². The highest BCUT2D eigenvalue weighted by atomic mass is 16.5. The van der Waals surface area contributed by atoms with Gasteiger partial charge in [0.25, 0.3) is 5.91 Å². The molecule has 21 heavy (non-hydrogen) atoms. The highest BCUT2D eigenvalue weighted by Crippen LogP contribution is 2.13. The second kappa shape index (κ2) is 8.26. The molecule has 1 unspecified atom stereocenters. The van der Waals surface area contributed by atoms with Crippen molar-refractivity contribution in [2.75, 3.05) is 27.2 Å². The SMILES string of the molecule is CC(NC(=O)c1cccc(OCCCN(C)C)c1)C(=O)O. The van der Waals surface area contributed by atoms with Crippen LogP contribution in [0.2, 0.25) is 0 Å². The Balaban J connectivity index is 2.55. The van der Waals surface area contributed by atoms with Crippen LogP contribution in [0, 0.1) is 0 Å². The second-order valence-electron chi connectivity index (χ2n) is 5.07. The summed E-state index contributed by atoms with van der Waals surface area (Å²) in [6, 6.07) is 5.78. The van der Waals surface area contributed by atoms with Crippen molar-refractivity contribution < 1.29 is 19.4 Å². The minimum atomic E-state index is -1.07. The van der Waals surface area contributed by atoms with Crippen molar-refractivity contribution in [1.82, 2.24) is 10.2 Å². The Morgan fingerprint density at radius 2 is 2.10 bits per heavy atom. The molecule has 1 aromatic rings. The van der Waals surface area contributed by atoms with E-state index < -0.39 is 17.9 Å². The Bertz CT molecular complexity index is 488. The summed E-state index contributed by atoms with van der Waals surface area (Å²) < 4.78 is 5.58. The fraction of sp³-hybridized carbons (Fsp3) is 0.467. The van der Waals surface area contributed by atoms with E-state index in [1.54, 1.807) is 24.3 Å². The lowest BCUT2D eigenvalue weighted by molar-refractivity contribution is -0.138. The van der Waals surface area contributed by atoms with Crippen LogP contribution in [0.15, 0.2) is 24.3 Å². The van der Waals surface area contributed by atoms with Crippen LogP contribution >= 0.6 is 0 Å². The maximum atomic E-state index is 11.9. The third-order valence-electron chi connectivity index (χ3n) is 2.83. The van der Waals surface area contributed by atoms with E-state index in [9.17, 15) is 9.59 Å². The number of carbonyl (C=O) groups excluding carboxylic acids is 1. The number of aliphatic carboxylic acids is 1. The smallest absolute Gasteiger partial charge is 0.325 e. The number of benzene rings is 1. The highest BCUT2D eigenvalue weighted by Gasteiger charge is 2.15. The van der Waals surface area contributed by atoms with Crippen LogP contribution in [0.4, 0.5) is 0 Å². The first-order valence-electron chi connectivity index (χ1n) is 6.81. The van der Waals surface area contributed by atoms with E-state index in [4.69, 9.17) is 9.84 Å². The van der Waals surface area contributed by atoms with Crippen molar-refractivity contribution in [3.05, 3.63) is 29.8 Å². The lowest BCUT2D eigenvalue weighted by Crippen LogP contribution is -2.38. The Morgan fingerprint density at radius 3 is 2.71 bits per heavy atom. The van der Waals surface area contributed by atoms with E-state index in [1.807, 2.05) is 14.1 Å². The number of rotatable bonds is 8. The molecule has 0 aliphatic heterocycles. The maximum absolute atomic E-state index is 11.9. The zero-order valence-electron chi connectivity index (χ0n) is 12.6. The quantitative estimate of drug-likeness (QED) is 0.705. The van der Waals surface area contributed by atoms with Gasteiger partial charge in [0, 0.05) is 12.1 Å². The number of hydrogen-bond donors (Lipinski definition) is 2. The average Bonchev–Trinajstić information content (AvgIpc) is 2.43. The first-order chi connectivity index (χ1) is 9.90. The molecule has 1 atom stereocenters. The number of carboxylic acids is 1. The van der Waals surface area contributed by atoms with E-state index >= 15 is 0 Å². The molecule has 0 bridgehead atoms. The van der Waals surface area contributed by atoms with Crippen LogP contribution in [0.3, 0.4) is 0 Å². The molecule has 0 fully saturated rings. The van der Waals surface area contributed by atoms with Gasteiger partial charge in [-0.3, -0.25) is 9.59 Å². The lowest BCUT2D eigenvalue weighted by Gasteiger charge is -2.12. The van der Waals surface area contributed by atoms with Crippen LogP contribution in [0.5, 0.6) is 5.75 Å². The van der Waals surface area contributed by atoms with E-state index in [-0.39, 0.29) is 0 Å². The molecule has 0 spiro atoms. The fourth-order valence-electron chi connectivity index (χ4n) is 1.64. The molecule has 1 aromatic carbocycles. The van der Waals surface area contributed by atoms with E-state index in [0.29, 0.717) is 17.9 Å². The molecule has 6 heteroatoms. The monoisotopic (exact) mass is 294 g/mol. The lowest BCUT2D eigenvalue weighted by atomic mass is 10.2. The summed E-state index contributed by atoms with van der Waals surface area (Å²) in [6.07, 6.45) is 0.888. The minimum Gasteiger partial charge on any atom is -0.494 e. The van der Waals surface area contributed by atoms with Crippen LogP contribution in [0.25, 0.3) is 0 Å². The third-order valence-corrected chi connectivity index (χ3v) is 2.83. The standard InChI is InChI=1S/C15H22N2O4/c1-11(15(19)20)16-14(18)12-6-4-7-13(10-12)21-9-5-8-17(2)3/h4,6-7,10-11H,5,8-9H2,1-3H3,(H,16,18)(H,19,20). The largest absolute Gasteiger partial charge is 0.494 e. The van der Waals surface area contributed by atoms with Gasteiger partial charge in [0.05, 0.1) is 6.61 Å². The predicted octanol–water partition coefficient (Wildman–Crippen LogP) is 1.22. The third kappa shape index (κ3) is 6.27. The van der Waals surface area contributed by atoms with E-state index in [1.165, 1.54) is 6.92 Å². The van der Waals surface area contributed by atoms with Crippen molar-refractivity contribution in [3.63, 3.8) is 0 Å². The molecule has 6 nitrogen and oxygen atoms in total. The number of nitrogens with one attached hydrogen (secondary N) is 1. The van der Waals surface area contributed by atoms with E-state index in [2.05, 4.69) is 10.2 Å². The van der Waals surface area contributed by atoms with Gasteiger partial charge in [-0.15, -0.1) is 0 Å². The van der Waals surface area contributed by atoms with Gasteiger partial charge in [0.1, 0.15) is 11.8 Å². The Morgan fingerprint density at radius 1 is 1.38 bits per heavy atom. The summed E-state index contributed by atoms with van der Waals surface area (Å²) in [4.78, 5) is 24.7. The zero-order valence-corrected chi connectivity index (χ0v) is 12.6. The molecule has 0 heterocycles. The van der Waals surface area contributed by atoms with Gasteiger partial charge in [-0.05, 0) is 45.6 Å². The predicted molar refractivity (Wildman–Crippen MR) is 79.7 cm³/mol. The van der Waals surface area contributed by atoms with Crippen molar-refractivity contribution in [3.8, 4) is 5.75 Å². The second-order valence-corrected chi connectivity index (χ2v) is 5.07. The molecular weight excluding hydrogens is 272 g/mol. The zero-order chi connectivity index (χ0) is 15.8. The van der Waals surface area contributed by atoms with Crippen molar-refractivity contribution in [1.29, 1.82) is 0 Å².